The number of hydrogen-bond acceptors (Lipinski definition) is 16. The van der Waals surface area contributed by atoms with E-state index in [2.05, 4.69) is 20.8 Å². The summed E-state index contributed by atoms with van der Waals surface area (Å²) in [6, 6.07) is 11.6. The third-order valence-corrected chi connectivity index (χ3v) is 13.0. The first-order valence-corrected chi connectivity index (χ1v) is 25.1. The number of esters is 2. The lowest BCUT2D eigenvalue weighted by Crippen LogP contribution is -2.71. The summed E-state index contributed by atoms with van der Waals surface area (Å²) in [4.78, 5) is 94.5. The molecule has 1 aromatic carbocycles. The Bertz CT molecular complexity index is 2790. The summed E-state index contributed by atoms with van der Waals surface area (Å²) in [7, 11) is 3.23. The second kappa shape index (κ2) is 21.8. The Hall–Kier alpha value is -6.39. The fourth-order valence-corrected chi connectivity index (χ4v) is 9.43. The van der Waals surface area contributed by atoms with E-state index in [0.29, 0.717) is 30.0 Å². The number of ether oxygens (including phenoxy) is 5. The molecule has 1 fully saturated rings. The zero-order valence-electron chi connectivity index (χ0n) is 42.7. The van der Waals surface area contributed by atoms with Crippen molar-refractivity contribution in [1.29, 1.82) is 0 Å². The van der Waals surface area contributed by atoms with Crippen molar-refractivity contribution in [3.8, 4) is 5.75 Å². The summed E-state index contributed by atoms with van der Waals surface area (Å²) in [5, 5.41) is 8.46. The second-order valence-corrected chi connectivity index (χ2v) is 23.1. The Kier molecular flexibility index (Phi) is 16.6. The molecule has 0 saturated carbocycles. The lowest BCUT2D eigenvalue weighted by atomic mass is 10.0. The van der Waals surface area contributed by atoms with Crippen molar-refractivity contribution in [2.45, 2.75) is 130 Å². The van der Waals surface area contributed by atoms with Gasteiger partial charge in [0.25, 0.3) is 11.8 Å². The quantitative estimate of drug-likeness (QED) is 0.0283. The Morgan fingerprint density at radius 3 is 2.24 bits per heavy atom. The number of amides is 4. The number of pyridine rings is 1. The minimum absolute atomic E-state index is 0.0300. The lowest BCUT2D eigenvalue weighted by molar-refractivity contribution is -0.663. The highest BCUT2D eigenvalue weighted by atomic mass is 35.5. The van der Waals surface area contributed by atoms with Crippen molar-refractivity contribution >= 4 is 92.5 Å². The molecule has 23 heteroatoms. The molecule has 0 aliphatic carbocycles. The average Bonchev–Trinajstić information content (AvgIpc) is 3.87. The van der Waals surface area contributed by atoms with Gasteiger partial charge in [0, 0.05) is 49.8 Å². The van der Waals surface area contributed by atoms with Gasteiger partial charge >= 0.3 is 24.1 Å². The largest absolute Gasteiger partial charge is 0.497 e. The molecule has 388 valence electrons. The average molecular weight is 1050 g/mol. The number of halogens is 1. The minimum atomic E-state index is -1.73. The van der Waals surface area contributed by atoms with Crippen LogP contribution in [0.4, 0.5) is 14.7 Å². The molecule has 2 aliphatic heterocycles. The SMILES string of the molecule is COc1ccc(COC(=O)C2=C(C[n+]3cccc4c3ccn4CCN(C)C(=O)OC(C)(C)C)CSC3C(NC(=O)C(=NOC(C)(C)C(=O)OC(C)(C)C)c4nc(NC(=O)OC(C)(C)C)sc4Cl)C(=O)N23)cc1. The van der Waals surface area contributed by atoms with E-state index in [1.165, 1.54) is 35.4 Å². The summed E-state index contributed by atoms with van der Waals surface area (Å²) in [6.07, 6.45) is 2.52. The van der Waals surface area contributed by atoms with Crippen LogP contribution in [0.1, 0.15) is 87.4 Å². The van der Waals surface area contributed by atoms with Gasteiger partial charge in [-0.25, -0.2) is 24.2 Å². The molecule has 2 unspecified atom stereocenters. The van der Waals surface area contributed by atoms with Crippen LogP contribution >= 0.6 is 34.7 Å². The molecule has 2 aliphatic rings. The van der Waals surface area contributed by atoms with Crippen LogP contribution in [-0.4, -0.2) is 121 Å². The minimum Gasteiger partial charge on any atom is -0.497 e. The van der Waals surface area contributed by atoms with E-state index in [1.54, 1.807) is 80.0 Å². The Balaban J connectivity index is 1.29. The van der Waals surface area contributed by atoms with Crippen molar-refractivity contribution in [3.05, 3.63) is 81.7 Å². The highest BCUT2D eigenvalue weighted by Crippen LogP contribution is 2.41. The first-order chi connectivity index (χ1) is 33.5. The number of rotatable bonds is 16. The normalized spacial score (nSPS) is 16.3. The van der Waals surface area contributed by atoms with Gasteiger partial charge in [-0.15, -0.1) is 11.8 Å². The first kappa shape index (κ1) is 54.9. The third kappa shape index (κ3) is 13.8. The summed E-state index contributed by atoms with van der Waals surface area (Å²) < 4.78 is 31.4. The highest BCUT2D eigenvalue weighted by Gasteiger charge is 2.55. The van der Waals surface area contributed by atoms with Crippen molar-refractivity contribution in [2.75, 3.05) is 31.8 Å². The summed E-state index contributed by atoms with van der Waals surface area (Å²) in [5.74, 6) is -2.25. The van der Waals surface area contributed by atoms with Crippen LogP contribution in [0.5, 0.6) is 5.75 Å². The van der Waals surface area contributed by atoms with Crippen LogP contribution in [0.15, 0.2) is 71.3 Å². The van der Waals surface area contributed by atoms with E-state index < -0.39 is 75.5 Å². The number of aromatic nitrogens is 3. The molecule has 20 nitrogen and oxygen atoms in total. The van der Waals surface area contributed by atoms with Crippen LogP contribution in [0, 0.1) is 0 Å². The van der Waals surface area contributed by atoms with Gasteiger partial charge in [-0.1, -0.05) is 40.2 Å². The topological polar surface area (TPSA) is 222 Å². The Labute approximate surface area is 431 Å². The third-order valence-electron chi connectivity index (χ3n) is 10.5. The maximum atomic E-state index is 14.4. The van der Waals surface area contributed by atoms with Gasteiger partial charge in [0.1, 0.15) is 61.8 Å². The molecule has 0 radical (unpaired) electrons. The predicted octanol–water partition coefficient (Wildman–Crippen LogP) is 7.20. The standard InChI is InChI=1S/C49H61ClN8O12S2/c1-46(2,3)67-42(62)49(10,11)70-54-34(33-37(50)72-43(52-33)53-44(63)68-47(4,5)6)38(59)51-35-39(60)58-36(41(61)66-26-28-16-18-30(65-13)19-17-28)29(27-71-40(35)58)25-57-21-14-15-31-32(57)20-22-56(31)24-23-55(12)45(64)69-48(7,8)9/h14-22,35,40H,23-27H2,1-13H3,(H-,51,52,53,59,63)/p+1. The van der Waals surface area contributed by atoms with E-state index in [4.69, 9.17) is 40.1 Å². The molecule has 4 aromatic rings. The number of carbonyl (C=O) groups is 6. The zero-order valence-corrected chi connectivity index (χ0v) is 45.1. The number of hydrogen-bond donors (Lipinski definition) is 2. The smallest absolute Gasteiger partial charge is 0.413 e. The number of thiazole rings is 1. The molecule has 72 heavy (non-hydrogen) atoms. The number of nitrogens with zero attached hydrogens (tertiary/aromatic N) is 6. The highest BCUT2D eigenvalue weighted by molar-refractivity contribution is 8.00. The number of likely N-dealkylation sites (N-methyl/N-ethyl adjacent to an activating group) is 1. The summed E-state index contributed by atoms with van der Waals surface area (Å²) in [5.41, 5.74) is -1.85. The molecule has 1 saturated heterocycles. The van der Waals surface area contributed by atoms with Crippen LogP contribution < -0.4 is 19.9 Å². The van der Waals surface area contributed by atoms with E-state index in [-0.39, 0.29) is 39.8 Å². The number of anilines is 1. The second-order valence-electron chi connectivity index (χ2n) is 20.4. The molecule has 2 atom stereocenters. The number of methoxy groups -OCH3 is 1. The van der Waals surface area contributed by atoms with Gasteiger partial charge in [0.05, 0.1) is 7.11 Å². The van der Waals surface area contributed by atoms with E-state index in [9.17, 15) is 28.8 Å². The van der Waals surface area contributed by atoms with Gasteiger partial charge in [0.15, 0.2) is 23.6 Å². The molecular formula is C49H62ClN8O12S2+. The molecular weight excluding hydrogens is 992 g/mol. The summed E-state index contributed by atoms with van der Waals surface area (Å²) in [6.45, 7) is 19.2. The lowest BCUT2D eigenvalue weighted by Gasteiger charge is -2.49. The van der Waals surface area contributed by atoms with E-state index in [0.717, 1.165) is 22.4 Å². The fourth-order valence-electron chi connectivity index (χ4n) is 7.07. The van der Waals surface area contributed by atoms with Gasteiger partial charge in [-0.3, -0.25) is 19.8 Å². The van der Waals surface area contributed by atoms with E-state index >= 15 is 0 Å². The maximum Gasteiger partial charge on any atom is 0.413 e. The molecule has 2 N–H and O–H groups in total. The van der Waals surface area contributed by atoms with Gasteiger partial charge in [0.2, 0.25) is 11.1 Å². The van der Waals surface area contributed by atoms with Crippen molar-refractivity contribution in [3.63, 3.8) is 0 Å². The van der Waals surface area contributed by atoms with Gasteiger partial charge < -0.3 is 43.3 Å². The van der Waals surface area contributed by atoms with Gasteiger partial charge in [-0.2, -0.15) is 4.57 Å². The van der Waals surface area contributed by atoms with Crippen LogP contribution in [0.25, 0.3) is 11.0 Å². The maximum absolute atomic E-state index is 14.4. The predicted molar refractivity (Wildman–Crippen MR) is 270 cm³/mol. The van der Waals surface area contributed by atoms with Gasteiger partial charge in [-0.05, 0) is 99.9 Å². The number of nitrogens with one attached hydrogen (secondary N) is 2. The number of β-lactam (4-membered cyclic amide) rings is 1. The number of fused-ring (bicyclic) bond motifs is 2. The van der Waals surface area contributed by atoms with Crippen LogP contribution in [0.2, 0.25) is 4.34 Å². The van der Waals surface area contributed by atoms with Crippen LogP contribution in [-0.2, 0) is 62.7 Å². The van der Waals surface area contributed by atoms with Crippen molar-refractivity contribution in [1.82, 2.24) is 24.7 Å². The number of benzene rings is 1. The molecule has 0 spiro atoms. The summed E-state index contributed by atoms with van der Waals surface area (Å²) >= 11 is 8.77. The Morgan fingerprint density at radius 1 is 0.931 bits per heavy atom. The van der Waals surface area contributed by atoms with Crippen molar-refractivity contribution < 1.29 is 61.9 Å². The molecule has 5 heterocycles. The first-order valence-electron chi connectivity index (χ1n) is 22.9. The number of carbonyl (C=O) groups excluding carboxylic acids is 6. The number of thioether (sulfide) groups is 1. The fraction of sp³-hybridized carbons (Fsp3) is 0.490. The van der Waals surface area contributed by atoms with Crippen molar-refractivity contribution in [2.24, 2.45) is 5.16 Å². The molecule has 4 amide bonds. The molecule has 6 rings (SSSR count). The monoisotopic (exact) mass is 1050 g/mol. The molecule has 3 aromatic heterocycles. The van der Waals surface area contributed by atoms with Crippen LogP contribution in [0.3, 0.4) is 0 Å². The zero-order chi connectivity index (χ0) is 53.1. The number of oxime groups is 1. The molecule has 0 bridgehead atoms. The Morgan fingerprint density at radius 2 is 1.60 bits per heavy atom. The van der Waals surface area contributed by atoms with E-state index in [1.807, 2.05) is 60.5 Å².